The third-order valence-corrected chi connectivity index (χ3v) is 2.80. The van der Waals surface area contributed by atoms with Crippen molar-refractivity contribution in [3.05, 3.63) is 17.0 Å². The highest BCUT2D eigenvalue weighted by Crippen LogP contribution is 2.28. The summed E-state index contributed by atoms with van der Waals surface area (Å²) in [5.41, 5.74) is 5.48. The predicted octanol–water partition coefficient (Wildman–Crippen LogP) is -0.165. The van der Waals surface area contributed by atoms with Gasteiger partial charge in [0.05, 0.1) is 12.7 Å². The topological polar surface area (TPSA) is 93.5 Å². The van der Waals surface area contributed by atoms with Crippen LogP contribution in [0.1, 0.15) is 12.6 Å². The molecule has 1 fully saturated rings. The molecule has 1 saturated heterocycles. The summed E-state index contributed by atoms with van der Waals surface area (Å²) >= 11 is 5.02. The van der Waals surface area contributed by atoms with Crippen LogP contribution in [0.5, 0.6) is 0 Å². The molecule has 7 heteroatoms. The van der Waals surface area contributed by atoms with Gasteiger partial charge in [0.15, 0.2) is 6.23 Å². The second kappa shape index (κ2) is 4.46. The molecule has 0 aromatic carbocycles. The predicted molar refractivity (Wildman–Crippen MR) is 59.1 cm³/mol. The van der Waals surface area contributed by atoms with Gasteiger partial charge in [0.1, 0.15) is 11.9 Å². The highest BCUT2D eigenvalue weighted by Gasteiger charge is 2.34. The van der Waals surface area contributed by atoms with Crippen LogP contribution < -0.4 is 5.73 Å². The fourth-order valence-electron chi connectivity index (χ4n) is 1.72. The summed E-state index contributed by atoms with van der Waals surface area (Å²) in [6.45, 7) is -0.122. The zero-order chi connectivity index (χ0) is 11.7. The number of ether oxygens (including phenoxy) is 1. The average Bonchev–Trinajstić information content (AvgIpc) is 2.60. The first-order chi connectivity index (χ1) is 7.61. The normalized spacial score (nSPS) is 29.5. The molecule has 1 aromatic heterocycles. The molecule has 2 rings (SSSR count). The number of aliphatic hydroxyl groups is 2. The smallest absolute Gasteiger partial charge is 0.203 e. The summed E-state index contributed by atoms with van der Waals surface area (Å²) in [7, 11) is 0. The van der Waals surface area contributed by atoms with Gasteiger partial charge in [0.2, 0.25) is 4.77 Å². The molecule has 0 saturated carbocycles. The van der Waals surface area contributed by atoms with Crippen LogP contribution in [-0.4, -0.2) is 38.6 Å². The molecule has 4 N–H and O–H groups in total. The average molecular weight is 243 g/mol. The van der Waals surface area contributed by atoms with Gasteiger partial charge in [-0.2, -0.15) is 0 Å². The molecule has 0 unspecified atom stereocenters. The lowest BCUT2D eigenvalue weighted by atomic mass is 10.2. The van der Waals surface area contributed by atoms with Crippen LogP contribution in [0.2, 0.25) is 0 Å². The monoisotopic (exact) mass is 243 g/mol. The van der Waals surface area contributed by atoms with Crippen molar-refractivity contribution in [3.8, 4) is 0 Å². The highest BCUT2D eigenvalue weighted by atomic mass is 32.1. The van der Waals surface area contributed by atoms with E-state index in [0.29, 0.717) is 12.2 Å². The Hall–Kier alpha value is -1.02. The van der Waals surface area contributed by atoms with Crippen molar-refractivity contribution in [1.82, 2.24) is 9.55 Å². The lowest BCUT2D eigenvalue weighted by Gasteiger charge is -2.17. The highest BCUT2D eigenvalue weighted by molar-refractivity contribution is 7.71. The summed E-state index contributed by atoms with van der Waals surface area (Å²) in [6, 6.07) is 1.58. The van der Waals surface area contributed by atoms with Gasteiger partial charge in [0, 0.05) is 12.6 Å². The minimum Gasteiger partial charge on any atom is -0.394 e. The van der Waals surface area contributed by atoms with Gasteiger partial charge in [-0.15, -0.1) is 0 Å². The zero-order valence-corrected chi connectivity index (χ0v) is 9.30. The number of nitrogens with zero attached hydrogens (tertiary/aromatic N) is 2. The minimum absolute atomic E-state index is 0.122. The maximum atomic E-state index is 9.78. The molecule has 1 aromatic rings. The molecule has 16 heavy (non-hydrogen) atoms. The van der Waals surface area contributed by atoms with Crippen LogP contribution in [-0.2, 0) is 4.74 Å². The largest absolute Gasteiger partial charge is 0.394 e. The maximum Gasteiger partial charge on any atom is 0.203 e. The number of hydrogen-bond donors (Lipinski definition) is 3. The van der Waals surface area contributed by atoms with Crippen LogP contribution in [0.15, 0.2) is 12.3 Å². The third-order valence-electron chi connectivity index (χ3n) is 2.49. The van der Waals surface area contributed by atoms with Crippen LogP contribution in [0.4, 0.5) is 5.82 Å². The van der Waals surface area contributed by atoms with E-state index < -0.39 is 12.3 Å². The number of nitrogens with two attached hydrogens (primary N) is 1. The molecule has 88 valence electrons. The van der Waals surface area contributed by atoms with E-state index in [4.69, 9.17) is 27.8 Å². The molecule has 3 atom stereocenters. The van der Waals surface area contributed by atoms with Gasteiger partial charge in [-0.1, -0.05) is 0 Å². The SMILES string of the molecule is Nc1ccn([C@@H]2O[C@H](CO)C[C@H]2O)c(=S)n1. The van der Waals surface area contributed by atoms with Crippen LogP contribution in [0.3, 0.4) is 0 Å². The number of aromatic nitrogens is 2. The fraction of sp³-hybridized carbons (Fsp3) is 0.556. The van der Waals surface area contributed by atoms with E-state index in [1.54, 1.807) is 12.3 Å². The summed E-state index contributed by atoms with van der Waals surface area (Å²) < 4.78 is 7.23. The van der Waals surface area contributed by atoms with Gasteiger partial charge in [-0.25, -0.2) is 4.98 Å². The molecule has 2 heterocycles. The first kappa shape index (κ1) is 11.5. The van der Waals surface area contributed by atoms with Crippen molar-refractivity contribution in [2.45, 2.75) is 24.9 Å². The number of anilines is 1. The second-order valence-electron chi connectivity index (χ2n) is 3.68. The van der Waals surface area contributed by atoms with Crippen LogP contribution in [0.25, 0.3) is 0 Å². The van der Waals surface area contributed by atoms with Crippen molar-refractivity contribution >= 4 is 18.0 Å². The molecule has 1 aliphatic heterocycles. The first-order valence-corrected chi connectivity index (χ1v) is 5.31. The first-order valence-electron chi connectivity index (χ1n) is 4.91. The Morgan fingerprint density at radius 2 is 2.44 bits per heavy atom. The quantitative estimate of drug-likeness (QED) is 0.625. The van der Waals surface area contributed by atoms with E-state index >= 15 is 0 Å². The van der Waals surface area contributed by atoms with Gasteiger partial charge >= 0.3 is 0 Å². The number of rotatable bonds is 2. The zero-order valence-electron chi connectivity index (χ0n) is 8.48. The molecule has 0 aliphatic carbocycles. The van der Waals surface area contributed by atoms with E-state index in [9.17, 15) is 5.11 Å². The Bertz CT molecular complexity index is 436. The molecular formula is C9H13N3O3S. The van der Waals surface area contributed by atoms with Crippen LogP contribution in [0, 0.1) is 4.77 Å². The Balaban J connectivity index is 2.28. The Morgan fingerprint density at radius 1 is 1.69 bits per heavy atom. The van der Waals surface area contributed by atoms with Crippen molar-refractivity contribution in [2.24, 2.45) is 0 Å². The molecule has 0 bridgehead atoms. The van der Waals surface area contributed by atoms with E-state index in [2.05, 4.69) is 4.98 Å². The Morgan fingerprint density at radius 3 is 3.00 bits per heavy atom. The summed E-state index contributed by atoms with van der Waals surface area (Å²) in [6.07, 6.45) is 0.345. The molecule has 0 radical (unpaired) electrons. The lowest BCUT2D eigenvalue weighted by molar-refractivity contribution is -0.0519. The second-order valence-corrected chi connectivity index (χ2v) is 4.04. The van der Waals surface area contributed by atoms with Gasteiger partial charge in [-0.3, -0.25) is 4.57 Å². The van der Waals surface area contributed by atoms with Gasteiger partial charge in [0.25, 0.3) is 0 Å². The molecule has 0 amide bonds. The lowest BCUT2D eigenvalue weighted by Crippen LogP contribution is -2.21. The van der Waals surface area contributed by atoms with E-state index in [1.165, 1.54) is 4.57 Å². The fourth-order valence-corrected chi connectivity index (χ4v) is 1.99. The Kier molecular flexibility index (Phi) is 3.20. The van der Waals surface area contributed by atoms with Crippen molar-refractivity contribution in [3.63, 3.8) is 0 Å². The third kappa shape index (κ3) is 2.07. The van der Waals surface area contributed by atoms with Gasteiger partial charge in [-0.05, 0) is 18.3 Å². The van der Waals surface area contributed by atoms with E-state index in [1.807, 2.05) is 0 Å². The van der Waals surface area contributed by atoms with Gasteiger partial charge < -0.3 is 20.7 Å². The summed E-state index contributed by atoms with van der Waals surface area (Å²) in [4.78, 5) is 3.91. The summed E-state index contributed by atoms with van der Waals surface area (Å²) in [5, 5.41) is 18.7. The summed E-state index contributed by atoms with van der Waals surface area (Å²) in [5.74, 6) is 0.326. The Labute approximate surface area is 97.3 Å². The van der Waals surface area contributed by atoms with Crippen molar-refractivity contribution < 1.29 is 14.9 Å². The van der Waals surface area contributed by atoms with E-state index in [0.717, 1.165) is 0 Å². The number of nitrogen functional groups attached to an aromatic ring is 1. The molecule has 0 spiro atoms. The van der Waals surface area contributed by atoms with Crippen molar-refractivity contribution in [1.29, 1.82) is 0 Å². The number of hydrogen-bond acceptors (Lipinski definition) is 6. The minimum atomic E-state index is -0.700. The number of aliphatic hydroxyl groups excluding tert-OH is 2. The van der Waals surface area contributed by atoms with E-state index in [-0.39, 0.29) is 17.5 Å². The van der Waals surface area contributed by atoms with Crippen molar-refractivity contribution in [2.75, 3.05) is 12.3 Å². The molecule has 6 nitrogen and oxygen atoms in total. The van der Waals surface area contributed by atoms with Crippen LogP contribution >= 0.6 is 12.2 Å². The molecule has 1 aliphatic rings. The standard InChI is InChI=1S/C9H13N3O3S/c10-7-1-2-12(9(16)11-7)8-6(14)3-5(4-13)15-8/h1-2,5-6,8,13-14H,3-4H2,(H2,10,11,16)/t5-,6+,8+/m0/s1. The molecular weight excluding hydrogens is 230 g/mol. The maximum absolute atomic E-state index is 9.78.